The van der Waals surface area contributed by atoms with Crippen molar-refractivity contribution in [3.05, 3.63) is 16.6 Å². The van der Waals surface area contributed by atoms with Crippen LogP contribution in [0, 0.1) is 5.92 Å². The maximum atomic E-state index is 12.7. The van der Waals surface area contributed by atoms with Gasteiger partial charge in [0, 0.05) is 24.0 Å². The third-order valence-electron chi connectivity index (χ3n) is 3.81. The van der Waals surface area contributed by atoms with E-state index in [0.29, 0.717) is 6.54 Å². The summed E-state index contributed by atoms with van der Waals surface area (Å²) in [5.74, 6) is 0.107. The molecule has 1 fully saturated rings. The summed E-state index contributed by atoms with van der Waals surface area (Å²) < 4.78 is 0. The lowest BCUT2D eigenvalue weighted by Gasteiger charge is -2.45. The highest BCUT2D eigenvalue weighted by Crippen LogP contribution is 2.27. The van der Waals surface area contributed by atoms with Crippen molar-refractivity contribution in [1.82, 2.24) is 15.2 Å². The van der Waals surface area contributed by atoms with E-state index in [9.17, 15) is 9.59 Å². The van der Waals surface area contributed by atoms with Crippen LogP contribution in [0.25, 0.3) is 0 Å². The van der Waals surface area contributed by atoms with Crippen molar-refractivity contribution < 1.29 is 9.59 Å². The molecule has 0 spiro atoms. The fourth-order valence-electron chi connectivity index (χ4n) is 2.77. The zero-order chi connectivity index (χ0) is 15.8. The van der Waals surface area contributed by atoms with Crippen molar-refractivity contribution >= 4 is 23.2 Å². The molecular formula is C15H23N3O2S. The van der Waals surface area contributed by atoms with Gasteiger partial charge in [0.2, 0.25) is 11.8 Å². The summed E-state index contributed by atoms with van der Waals surface area (Å²) in [5.41, 5.74) is -0.842. The number of nitrogens with zero attached hydrogens (tertiary/aromatic N) is 2. The number of thiazole rings is 1. The SMILES string of the molecule is CC(CN1C(=O)C(C)(C)NC(=O)C1C(C)C)c1nccs1. The Morgan fingerprint density at radius 2 is 2.05 bits per heavy atom. The van der Waals surface area contributed by atoms with Crippen molar-refractivity contribution in [3.8, 4) is 0 Å². The summed E-state index contributed by atoms with van der Waals surface area (Å²) >= 11 is 1.58. The Hall–Kier alpha value is -1.43. The van der Waals surface area contributed by atoms with Crippen molar-refractivity contribution in [3.63, 3.8) is 0 Å². The van der Waals surface area contributed by atoms with E-state index in [1.165, 1.54) is 0 Å². The Labute approximate surface area is 129 Å². The van der Waals surface area contributed by atoms with E-state index < -0.39 is 11.6 Å². The molecule has 1 saturated heterocycles. The summed E-state index contributed by atoms with van der Waals surface area (Å²) in [5, 5.41) is 5.76. The van der Waals surface area contributed by atoms with E-state index in [2.05, 4.69) is 10.3 Å². The van der Waals surface area contributed by atoms with Crippen LogP contribution >= 0.6 is 11.3 Å². The minimum atomic E-state index is -0.842. The van der Waals surface area contributed by atoms with Gasteiger partial charge >= 0.3 is 0 Å². The number of amides is 2. The molecule has 0 aromatic carbocycles. The maximum Gasteiger partial charge on any atom is 0.248 e. The first kappa shape index (κ1) is 15.9. The standard InChI is InChI=1S/C15H23N3O2S/c1-9(2)11-12(19)17-15(4,5)14(20)18(11)8-10(3)13-16-6-7-21-13/h6-7,9-11H,8H2,1-5H3,(H,17,19). The molecule has 2 rings (SSSR count). The first-order valence-electron chi connectivity index (χ1n) is 7.26. The molecule has 2 atom stereocenters. The highest BCUT2D eigenvalue weighted by atomic mass is 32.1. The molecule has 0 aliphatic carbocycles. The van der Waals surface area contributed by atoms with Crippen molar-refractivity contribution in [2.24, 2.45) is 5.92 Å². The van der Waals surface area contributed by atoms with Crippen LogP contribution in [0.15, 0.2) is 11.6 Å². The van der Waals surface area contributed by atoms with E-state index in [0.717, 1.165) is 5.01 Å². The fourth-order valence-corrected chi connectivity index (χ4v) is 3.46. The third-order valence-corrected chi connectivity index (χ3v) is 4.82. The lowest BCUT2D eigenvalue weighted by atomic mass is 9.90. The maximum absolute atomic E-state index is 12.7. The van der Waals surface area contributed by atoms with Crippen molar-refractivity contribution in [2.75, 3.05) is 6.54 Å². The molecule has 0 saturated carbocycles. The van der Waals surface area contributed by atoms with Crippen molar-refractivity contribution in [1.29, 1.82) is 0 Å². The van der Waals surface area contributed by atoms with E-state index in [1.54, 1.807) is 36.3 Å². The molecule has 0 radical (unpaired) electrons. The molecule has 1 aromatic rings. The molecule has 2 heterocycles. The molecule has 2 amide bonds. The van der Waals surface area contributed by atoms with Gasteiger partial charge in [0.1, 0.15) is 11.6 Å². The van der Waals surface area contributed by atoms with E-state index >= 15 is 0 Å². The van der Waals surface area contributed by atoms with Crippen molar-refractivity contribution in [2.45, 2.75) is 52.1 Å². The number of aromatic nitrogens is 1. The Balaban J connectivity index is 2.26. The number of carbonyl (C=O) groups excluding carboxylic acids is 2. The van der Waals surface area contributed by atoms with Crippen LogP contribution in [0.1, 0.15) is 45.5 Å². The summed E-state index contributed by atoms with van der Waals surface area (Å²) in [7, 11) is 0. The molecule has 21 heavy (non-hydrogen) atoms. The molecule has 1 N–H and O–H groups in total. The second kappa shape index (κ2) is 5.75. The Morgan fingerprint density at radius 3 is 2.57 bits per heavy atom. The van der Waals surface area contributed by atoms with Gasteiger partial charge in [-0.05, 0) is 19.8 Å². The van der Waals surface area contributed by atoms with Gasteiger partial charge < -0.3 is 10.2 Å². The normalized spacial score (nSPS) is 23.3. The second-order valence-corrected chi connectivity index (χ2v) is 7.46. The zero-order valence-electron chi connectivity index (χ0n) is 13.2. The molecule has 1 aliphatic rings. The average Bonchev–Trinajstić information content (AvgIpc) is 2.88. The molecule has 2 unspecified atom stereocenters. The number of carbonyl (C=O) groups is 2. The summed E-state index contributed by atoms with van der Waals surface area (Å²) in [6.45, 7) is 10.0. The topological polar surface area (TPSA) is 62.3 Å². The van der Waals surface area contributed by atoms with Gasteiger partial charge in [-0.2, -0.15) is 0 Å². The lowest BCUT2D eigenvalue weighted by molar-refractivity contribution is -0.155. The first-order valence-corrected chi connectivity index (χ1v) is 8.14. The average molecular weight is 309 g/mol. The van der Waals surface area contributed by atoms with Crippen LogP contribution in [0.4, 0.5) is 0 Å². The van der Waals surface area contributed by atoms with Crippen LogP contribution in [-0.2, 0) is 9.59 Å². The Morgan fingerprint density at radius 1 is 1.38 bits per heavy atom. The van der Waals surface area contributed by atoms with Crippen LogP contribution in [0.2, 0.25) is 0 Å². The smallest absolute Gasteiger partial charge is 0.248 e. The highest BCUT2D eigenvalue weighted by Gasteiger charge is 2.46. The largest absolute Gasteiger partial charge is 0.340 e. The minimum Gasteiger partial charge on any atom is -0.340 e. The summed E-state index contributed by atoms with van der Waals surface area (Å²) in [4.78, 5) is 31.1. The van der Waals surface area contributed by atoms with Gasteiger partial charge in [0.25, 0.3) is 0 Å². The Kier molecular flexibility index (Phi) is 4.37. The lowest BCUT2D eigenvalue weighted by Crippen LogP contribution is -2.69. The van der Waals surface area contributed by atoms with E-state index in [4.69, 9.17) is 0 Å². The van der Waals surface area contributed by atoms with Gasteiger partial charge in [-0.1, -0.05) is 20.8 Å². The number of hydrogen-bond donors (Lipinski definition) is 1. The predicted octanol–water partition coefficient (Wildman–Crippen LogP) is 2.01. The van der Waals surface area contributed by atoms with Crippen LogP contribution in [0.3, 0.4) is 0 Å². The third kappa shape index (κ3) is 3.10. The fraction of sp³-hybridized carbons (Fsp3) is 0.667. The summed E-state index contributed by atoms with van der Waals surface area (Å²) in [6, 6.07) is -0.409. The number of nitrogens with one attached hydrogen (secondary N) is 1. The molecular weight excluding hydrogens is 286 g/mol. The van der Waals surface area contributed by atoms with Crippen LogP contribution in [-0.4, -0.2) is 39.8 Å². The van der Waals surface area contributed by atoms with Gasteiger partial charge in [0.05, 0.1) is 5.01 Å². The molecule has 5 nitrogen and oxygen atoms in total. The van der Waals surface area contributed by atoms with E-state index in [-0.39, 0.29) is 23.7 Å². The molecule has 0 bridgehead atoms. The van der Waals surface area contributed by atoms with Gasteiger partial charge in [-0.25, -0.2) is 4.98 Å². The van der Waals surface area contributed by atoms with Crippen LogP contribution < -0.4 is 5.32 Å². The second-order valence-electron chi connectivity index (χ2n) is 6.53. The monoisotopic (exact) mass is 309 g/mol. The Bertz CT molecular complexity index is 525. The van der Waals surface area contributed by atoms with Gasteiger partial charge in [0.15, 0.2) is 0 Å². The number of rotatable bonds is 4. The van der Waals surface area contributed by atoms with E-state index in [1.807, 2.05) is 26.2 Å². The van der Waals surface area contributed by atoms with Gasteiger partial charge in [-0.3, -0.25) is 9.59 Å². The minimum absolute atomic E-state index is 0.0239. The predicted molar refractivity (Wildman–Crippen MR) is 83.1 cm³/mol. The summed E-state index contributed by atoms with van der Waals surface area (Å²) in [6.07, 6.45) is 1.77. The van der Waals surface area contributed by atoms with Crippen LogP contribution in [0.5, 0.6) is 0 Å². The quantitative estimate of drug-likeness (QED) is 0.925. The molecule has 116 valence electrons. The number of piperazine rings is 1. The molecule has 1 aliphatic heterocycles. The molecule has 1 aromatic heterocycles. The number of hydrogen-bond acceptors (Lipinski definition) is 4. The molecule has 6 heteroatoms. The highest BCUT2D eigenvalue weighted by molar-refractivity contribution is 7.09. The first-order chi connectivity index (χ1) is 9.74. The van der Waals surface area contributed by atoms with Gasteiger partial charge in [-0.15, -0.1) is 11.3 Å². The zero-order valence-corrected chi connectivity index (χ0v) is 14.0.